The number of carbonyl (C=O) groups excluding carboxylic acids is 3. The number of piperidine rings is 1. The zero-order chi connectivity index (χ0) is 24.6. The minimum absolute atomic E-state index is 0.00908. The first kappa shape index (κ1) is 24.8. The van der Waals surface area contributed by atoms with Gasteiger partial charge in [0.1, 0.15) is 5.75 Å². The second-order valence-corrected chi connectivity index (χ2v) is 9.05. The Morgan fingerprint density at radius 3 is 2.46 bits per heavy atom. The van der Waals surface area contributed by atoms with Crippen LogP contribution in [0.1, 0.15) is 61.4 Å². The minimum atomic E-state index is -0.174. The Hall–Kier alpha value is -3.35. The molecule has 0 aliphatic carbocycles. The van der Waals surface area contributed by atoms with Gasteiger partial charge in [-0.3, -0.25) is 14.4 Å². The van der Waals surface area contributed by atoms with Gasteiger partial charge in [-0.2, -0.15) is 0 Å². The van der Waals surface area contributed by atoms with Gasteiger partial charge in [0, 0.05) is 43.2 Å². The van der Waals surface area contributed by atoms with Gasteiger partial charge in [0.2, 0.25) is 5.91 Å². The highest BCUT2D eigenvalue weighted by molar-refractivity contribution is 5.97. The van der Waals surface area contributed by atoms with Crippen molar-refractivity contribution in [3.8, 4) is 5.75 Å². The van der Waals surface area contributed by atoms with Crippen LogP contribution in [0.2, 0.25) is 0 Å². The molecule has 2 amide bonds. The molecule has 1 fully saturated rings. The molecule has 2 aliphatic rings. The fourth-order valence-electron chi connectivity index (χ4n) is 4.85. The maximum Gasteiger partial charge on any atom is 0.305 e. The number of rotatable bonds is 9. The van der Waals surface area contributed by atoms with Gasteiger partial charge in [0.25, 0.3) is 5.91 Å². The molecular weight excluding hydrogens is 444 g/mol. The van der Waals surface area contributed by atoms with E-state index in [1.54, 1.807) is 19.1 Å². The molecule has 0 unspecified atom stereocenters. The molecule has 1 saturated heterocycles. The number of ether oxygens (including phenoxy) is 2. The van der Waals surface area contributed by atoms with Crippen molar-refractivity contribution in [2.45, 2.75) is 57.9 Å². The molecule has 35 heavy (non-hydrogen) atoms. The summed E-state index contributed by atoms with van der Waals surface area (Å²) in [4.78, 5) is 40.9. The van der Waals surface area contributed by atoms with Gasteiger partial charge in [0.05, 0.1) is 13.2 Å². The highest BCUT2D eigenvalue weighted by Gasteiger charge is 2.33. The third-order valence-electron chi connectivity index (χ3n) is 6.70. The quantitative estimate of drug-likeness (QED) is 0.395. The first-order valence-electron chi connectivity index (χ1n) is 12.6. The number of nitrogens with zero attached hydrogens (tertiary/aromatic N) is 2. The number of anilines is 1. The Morgan fingerprint density at radius 2 is 1.71 bits per heavy atom. The van der Waals surface area contributed by atoms with Gasteiger partial charge in [-0.1, -0.05) is 18.2 Å². The standard InChI is InChI=1S/C28H34N2O5/c1-2-34-27(32)9-5-6-20-35-24-13-10-22(11-14-24)28(33)29-18-16-23(17-19-29)30-25-8-4-3-7-21(25)12-15-26(30)31/h3-4,7-8,10-11,13-14,23H,2,5-6,9,12,15-20H2,1H3. The third-order valence-corrected chi connectivity index (χ3v) is 6.70. The average molecular weight is 479 g/mol. The van der Waals surface area contributed by atoms with Crippen LogP contribution >= 0.6 is 0 Å². The van der Waals surface area contributed by atoms with E-state index in [4.69, 9.17) is 9.47 Å². The monoisotopic (exact) mass is 478 g/mol. The fraction of sp³-hybridized carbons (Fsp3) is 0.464. The SMILES string of the molecule is CCOC(=O)CCCCOc1ccc(C(=O)N2CCC(N3C(=O)CCc4ccccc43)CC2)cc1. The smallest absolute Gasteiger partial charge is 0.305 e. The van der Waals surface area contributed by atoms with Crippen LogP contribution in [0.3, 0.4) is 0 Å². The van der Waals surface area contributed by atoms with Crippen molar-refractivity contribution in [1.82, 2.24) is 4.90 Å². The van der Waals surface area contributed by atoms with E-state index in [1.807, 2.05) is 40.1 Å². The van der Waals surface area contributed by atoms with Crippen LogP contribution in [-0.4, -0.2) is 55.0 Å². The highest BCUT2D eigenvalue weighted by Crippen LogP contribution is 2.32. The lowest BCUT2D eigenvalue weighted by molar-refractivity contribution is -0.143. The van der Waals surface area contributed by atoms with Gasteiger partial charge in [-0.15, -0.1) is 0 Å². The lowest BCUT2D eigenvalue weighted by Gasteiger charge is -2.41. The van der Waals surface area contributed by atoms with E-state index < -0.39 is 0 Å². The van der Waals surface area contributed by atoms with E-state index in [9.17, 15) is 14.4 Å². The molecule has 0 bridgehead atoms. The zero-order valence-electron chi connectivity index (χ0n) is 20.4. The maximum absolute atomic E-state index is 13.0. The second kappa shape index (κ2) is 11.9. The normalized spacial score (nSPS) is 16.1. The molecule has 0 radical (unpaired) electrons. The predicted octanol–water partition coefficient (Wildman–Crippen LogP) is 4.38. The van der Waals surface area contributed by atoms with E-state index in [0.29, 0.717) is 50.5 Å². The van der Waals surface area contributed by atoms with E-state index in [1.165, 1.54) is 5.56 Å². The molecule has 0 atom stereocenters. The number of hydrogen-bond donors (Lipinski definition) is 0. The number of amides is 2. The number of unbranched alkanes of at least 4 members (excludes halogenated alkanes) is 1. The molecule has 0 aromatic heterocycles. The van der Waals surface area contributed by atoms with Crippen LogP contribution in [0.25, 0.3) is 0 Å². The lowest BCUT2D eigenvalue weighted by Crippen LogP contribution is -2.50. The molecule has 2 aliphatic heterocycles. The van der Waals surface area contributed by atoms with Crippen molar-refractivity contribution in [2.24, 2.45) is 0 Å². The number of benzene rings is 2. The predicted molar refractivity (Wildman–Crippen MR) is 134 cm³/mol. The van der Waals surface area contributed by atoms with Crippen molar-refractivity contribution < 1.29 is 23.9 Å². The summed E-state index contributed by atoms with van der Waals surface area (Å²) in [7, 11) is 0. The summed E-state index contributed by atoms with van der Waals surface area (Å²) < 4.78 is 10.6. The minimum Gasteiger partial charge on any atom is -0.494 e. The van der Waals surface area contributed by atoms with Crippen LogP contribution in [0.15, 0.2) is 48.5 Å². The summed E-state index contributed by atoms with van der Waals surface area (Å²) in [5.74, 6) is 0.727. The fourth-order valence-corrected chi connectivity index (χ4v) is 4.85. The van der Waals surface area contributed by atoms with E-state index in [2.05, 4.69) is 6.07 Å². The van der Waals surface area contributed by atoms with Crippen molar-refractivity contribution in [2.75, 3.05) is 31.2 Å². The summed E-state index contributed by atoms with van der Waals surface area (Å²) in [5, 5.41) is 0. The van der Waals surface area contributed by atoms with Crippen LogP contribution in [0.4, 0.5) is 5.69 Å². The molecule has 186 valence electrons. The van der Waals surface area contributed by atoms with Crippen molar-refractivity contribution in [3.63, 3.8) is 0 Å². The Morgan fingerprint density at radius 1 is 0.971 bits per heavy atom. The van der Waals surface area contributed by atoms with Crippen molar-refractivity contribution in [1.29, 1.82) is 0 Å². The number of likely N-dealkylation sites (tertiary alicyclic amines) is 1. The van der Waals surface area contributed by atoms with Crippen LogP contribution in [0.5, 0.6) is 5.75 Å². The Balaban J connectivity index is 1.24. The second-order valence-electron chi connectivity index (χ2n) is 9.05. The van der Waals surface area contributed by atoms with Gasteiger partial charge >= 0.3 is 5.97 Å². The molecule has 7 nitrogen and oxygen atoms in total. The Labute approximate surface area is 207 Å². The molecule has 0 N–H and O–H groups in total. The number of fused-ring (bicyclic) bond motifs is 1. The lowest BCUT2D eigenvalue weighted by atomic mass is 9.95. The average Bonchev–Trinajstić information content (AvgIpc) is 2.89. The molecule has 2 aromatic rings. The number of esters is 1. The summed E-state index contributed by atoms with van der Waals surface area (Å²) in [6, 6.07) is 15.5. The number of para-hydroxylation sites is 1. The topological polar surface area (TPSA) is 76.2 Å². The molecule has 0 spiro atoms. The summed E-state index contributed by atoms with van der Waals surface area (Å²) >= 11 is 0. The van der Waals surface area contributed by atoms with E-state index >= 15 is 0 Å². The van der Waals surface area contributed by atoms with Gasteiger partial charge < -0.3 is 19.3 Å². The summed E-state index contributed by atoms with van der Waals surface area (Å²) in [6.07, 6.45) is 4.79. The van der Waals surface area contributed by atoms with Gasteiger partial charge in [-0.05, 0) is 74.9 Å². The van der Waals surface area contributed by atoms with E-state index in [0.717, 1.165) is 37.8 Å². The van der Waals surface area contributed by atoms with Gasteiger partial charge in [-0.25, -0.2) is 0 Å². The Bertz CT molecular complexity index is 1030. The molecule has 0 saturated carbocycles. The zero-order valence-corrected chi connectivity index (χ0v) is 20.4. The van der Waals surface area contributed by atoms with Crippen LogP contribution in [0, 0.1) is 0 Å². The molecule has 7 heteroatoms. The number of hydrogen-bond acceptors (Lipinski definition) is 5. The van der Waals surface area contributed by atoms with E-state index in [-0.39, 0.29) is 23.8 Å². The van der Waals surface area contributed by atoms with Crippen LogP contribution in [-0.2, 0) is 20.7 Å². The first-order valence-corrected chi connectivity index (χ1v) is 12.6. The summed E-state index contributed by atoms with van der Waals surface area (Å²) in [5.41, 5.74) is 2.90. The Kier molecular flexibility index (Phi) is 8.40. The largest absolute Gasteiger partial charge is 0.494 e. The number of carbonyl (C=O) groups is 3. The highest BCUT2D eigenvalue weighted by atomic mass is 16.5. The third kappa shape index (κ3) is 6.21. The van der Waals surface area contributed by atoms with Gasteiger partial charge in [0.15, 0.2) is 0 Å². The molecular formula is C28H34N2O5. The molecule has 2 heterocycles. The molecule has 2 aromatic carbocycles. The molecule has 4 rings (SSSR count). The first-order chi connectivity index (χ1) is 17.1. The number of aryl methyl sites for hydroxylation is 1. The van der Waals surface area contributed by atoms with Crippen molar-refractivity contribution in [3.05, 3.63) is 59.7 Å². The summed E-state index contributed by atoms with van der Waals surface area (Å²) in [6.45, 7) is 3.99. The maximum atomic E-state index is 13.0. The van der Waals surface area contributed by atoms with Crippen LogP contribution < -0.4 is 9.64 Å². The van der Waals surface area contributed by atoms with Crippen molar-refractivity contribution >= 4 is 23.5 Å².